The molecule has 0 bridgehead atoms. The highest BCUT2D eigenvalue weighted by atomic mass is 16.3. The summed E-state index contributed by atoms with van der Waals surface area (Å²) in [6.45, 7) is 1.97. The molecule has 0 aliphatic rings. The zero-order valence-corrected chi connectivity index (χ0v) is 4.76. The van der Waals surface area contributed by atoms with E-state index in [0.29, 0.717) is 0 Å². The lowest BCUT2D eigenvalue weighted by molar-refractivity contribution is -0.733. The highest BCUT2D eigenvalue weighted by Crippen LogP contribution is 1.80. The van der Waals surface area contributed by atoms with Crippen molar-refractivity contribution in [1.29, 1.82) is 0 Å². The highest BCUT2D eigenvalue weighted by Gasteiger charge is 1.97. The molecular formula is C5H9N2O+. The van der Waals surface area contributed by atoms with Crippen molar-refractivity contribution in [3.8, 4) is 0 Å². The fourth-order valence-electron chi connectivity index (χ4n) is 0.585. The smallest absolute Gasteiger partial charge is 0.243 e. The summed E-state index contributed by atoms with van der Waals surface area (Å²) >= 11 is 0. The molecular weight excluding hydrogens is 104 g/mol. The SMILES string of the molecule is Cc1c[nH]c[n+]1CO. The first-order valence-corrected chi connectivity index (χ1v) is 2.48. The monoisotopic (exact) mass is 113 g/mol. The van der Waals surface area contributed by atoms with Crippen LogP contribution in [0.15, 0.2) is 12.5 Å². The van der Waals surface area contributed by atoms with Crippen molar-refractivity contribution < 1.29 is 9.67 Å². The van der Waals surface area contributed by atoms with E-state index >= 15 is 0 Å². The van der Waals surface area contributed by atoms with Gasteiger partial charge in [0.25, 0.3) is 0 Å². The number of hydrogen-bond acceptors (Lipinski definition) is 1. The number of aliphatic hydroxyl groups is 1. The van der Waals surface area contributed by atoms with E-state index in [2.05, 4.69) is 4.98 Å². The molecule has 0 atom stereocenters. The summed E-state index contributed by atoms with van der Waals surface area (Å²) < 4.78 is 1.71. The molecule has 3 heteroatoms. The molecule has 1 aromatic rings. The van der Waals surface area contributed by atoms with E-state index < -0.39 is 0 Å². The number of nitrogens with one attached hydrogen (secondary N) is 1. The average molecular weight is 113 g/mol. The van der Waals surface area contributed by atoms with E-state index in [0.717, 1.165) is 5.69 Å². The molecule has 0 saturated carbocycles. The summed E-state index contributed by atoms with van der Waals surface area (Å²) in [4.78, 5) is 2.85. The molecule has 0 aliphatic carbocycles. The average Bonchev–Trinajstić information content (AvgIpc) is 2.14. The molecule has 0 saturated heterocycles. The number of aliphatic hydroxyl groups excluding tert-OH is 1. The number of aromatic amines is 1. The van der Waals surface area contributed by atoms with Gasteiger partial charge in [0.05, 0.1) is 0 Å². The van der Waals surface area contributed by atoms with Crippen LogP contribution in [-0.4, -0.2) is 10.1 Å². The molecule has 44 valence electrons. The van der Waals surface area contributed by atoms with Crippen molar-refractivity contribution in [2.75, 3.05) is 0 Å². The Labute approximate surface area is 47.6 Å². The molecule has 0 unspecified atom stereocenters. The number of nitrogens with zero attached hydrogens (tertiary/aromatic N) is 1. The van der Waals surface area contributed by atoms with Crippen molar-refractivity contribution in [2.24, 2.45) is 0 Å². The Hall–Kier alpha value is -0.830. The van der Waals surface area contributed by atoms with Gasteiger partial charge in [-0.3, -0.25) is 0 Å². The van der Waals surface area contributed by atoms with Crippen LogP contribution in [0, 0.1) is 6.92 Å². The van der Waals surface area contributed by atoms with E-state index in [4.69, 9.17) is 5.11 Å². The Morgan fingerprint density at radius 3 is 2.88 bits per heavy atom. The van der Waals surface area contributed by atoms with Crippen LogP contribution < -0.4 is 4.57 Å². The van der Waals surface area contributed by atoms with E-state index in [-0.39, 0.29) is 6.73 Å². The minimum Gasteiger partial charge on any atom is -0.358 e. The van der Waals surface area contributed by atoms with Gasteiger partial charge in [0, 0.05) is 6.92 Å². The number of H-pyrrole nitrogens is 1. The molecule has 0 aromatic carbocycles. The quantitative estimate of drug-likeness (QED) is 0.476. The maximum atomic E-state index is 8.55. The second-order valence-electron chi connectivity index (χ2n) is 1.69. The Bertz CT molecular complexity index is 171. The maximum Gasteiger partial charge on any atom is 0.243 e. The molecule has 1 aromatic heterocycles. The minimum absolute atomic E-state index is 0.0509. The molecule has 1 rings (SSSR count). The van der Waals surface area contributed by atoms with E-state index in [1.54, 1.807) is 10.9 Å². The lowest BCUT2D eigenvalue weighted by atomic mass is 10.5. The van der Waals surface area contributed by atoms with Gasteiger partial charge < -0.3 is 5.11 Å². The molecule has 2 N–H and O–H groups in total. The Morgan fingerprint density at radius 1 is 1.88 bits per heavy atom. The van der Waals surface area contributed by atoms with Crippen LogP contribution in [-0.2, 0) is 6.73 Å². The summed E-state index contributed by atoms with van der Waals surface area (Å²) in [7, 11) is 0. The van der Waals surface area contributed by atoms with Gasteiger partial charge in [-0.25, -0.2) is 9.55 Å². The van der Waals surface area contributed by atoms with Crippen molar-refractivity contribution in [3.05, 3.63) is 18.2 Å². The normalized spacial score (nSPS) is 9.75. The first-order chi connectivity index (χ1) is 3.84. The number of hydrogen-bond donors (Lipinski definition) is 2. The van der Waals surface area contributed by atoms with Crippen molar-refractivity contribution in [2.45, 2.75) is 13.7 Å². The van der Waals surface area contributed by atoms with Crippen LogP contribution in [0.1, 0.15) is 5.69 Å². The summed E-state index contributed by atoms with van der Waals surface area (Å²) in [5, 5.41) is 8.55. The number of aromatic nitrogens is 2. The standard InChI is InChI=1S/C5H8N2O/c1-5-2-6-3-7(5)4-8/h2-3,8H,4H2,1H3/p+1. The maximum absolute atomic E-state index is 8.55. The van der Waals surface area contributed by atoms with Gasteiger partial charge in [-0.15, -0.1) is 0 Å². The number of aryl methyl sites for hydroxylation is 1. The summed E-state index contributed by atoms with van der Waals surface area (Å²) in [5.41, 5.74) is 1.03. The van der Waals surface area contributed by atoms with Crippen LogP contribution in [0.2, 0.25) is 0 Å². The zero-order valence-electron chi connectivity index (χ0n) is 4.76. The fourth-order valence-corrected chi connectivity index (χ4v) is 0.585. The van der Waals surface area contributed by atoms with Gasteiger partial charge in [-0.05, 0) is 0 Å². The Kier molecular flexibility index (Phi) is 1.30. The van der Waals surface area contributed by atoms with Crippen LogP contribution in [0.5, 0.6) is 0 Å². The van der Waals surface area contributed by atoms with Gasteiger partial charge in [0.1, 0.15) is 11.9 Å². The summed E-state index contributed by atoms with van der Waals surface area (Å²) in [5.74, 6) is 0. The third-order valence-electron chi connectivity index (χ3n) is 1.13. The molecule has 3 nitrogen and oxygen atoms in total. The van der Waals surface area contributed by atoms with Crippen LogP contribution in [0.4, 0.5) is 0 Å². The molecule has 0 spiro atoms. The molecule has 0 radical (unpaired) electrons. The highest BCUT2D eigenvalue weighted by molar-refractivity contribution is 4.78. The number of imidazole rings is 1. The first kappa shape index (κ1) is 5.31. The van der Waals surface area contributed by atoms with E-state index in [1.165, 1.54) is 0 Å². The summed E-state index contributed by atoms with van der Waals surface area (Å²) in [6.07, 6.45) is 3.55. The third kappa shape index (κ3) is 0.721. The second-order valence-corrected chi connectivity index (χ2v) is 1.69. The second kappa shape index (κ2) is 1.96. The van der Waals surface area contributed by atoms with Crippen LogP contribution >= 0.6 is 0 Å². The van der Waals surface area contributed by atoms with Gasteiger partial charge in [0.2, 0.25) is 6.33 Å². The number of rotatable bonds is 1. The van der Waals surface area contributed by atoms with Gasteiger partial charge >= 0.3 is 0 Å². The molecule has 0 fully saturated rings. The molecule has 0 aliphatic heterocycles. The van der Waals surface area contributed by atoms with Crippen molar-refractivity contribution in [3.63, 3.8) is 0 Å². The van der Waals surface area contributed by atoms with Gasteiger partial charge in [0.15, 0.2) is 6.73 Å². The first-order valence-electron chi connectivity index (χ1n) is 2.48. The van der Waals surface area contributed by atoms with Crippen LogP contribution in [0.25, 0.3) is 0 Å². The Morgan fingerprint density at radius 2 is 2.62 bits per heavy atom. The lowest BCUT2D eigenvalue weighted by Gasteiger charge is -1.85. The molecule has 8 heavy (non-hydrogen) atoms. The van der Waals surface area contributed by atoms with Gasteiger partial charge in [-0.2, -0.15) is 0 Å². The largest absolute Gasteiger partial charge is 0.358 e. The lowest BCUT2D eigenvalue weighted by Crippen LogP contribution is -2.33. The minimum atomic E-state index is 0.0509. The van der Waals surface area contributed by atoms with Crippen LogP contribution in [0.3, 0.4) is 0 Å². The van der Waals surface area contributed by atoms with Crippen molar-refractivity contribution >= 4 is 0 Å². The predicted molar refractivity (Wildman–Crippen MR) is 27.9 cm³/mol. The molecule has 0 amide bonds. The Balaban J connectivity index is 2.92. The van der Waals surface area contributed by atoms with Crippen molar-refractivity contribution in [1.82, 2.24) is 4.98 Å². The van der Waals surface area contributed by atoms with Gasteiger partial charge in [-0.1, -0.05) is 0 Å². The topological polar surface area (TPSA) is 39.9 Å². The predicted octanol–water partition coefficient (Wildman–Crippen LogP) is -0.440. The van der Waals surface area contributed by atoms with E-state index in [1.807, 2.05) is 13.1 Å². The van der Waals surface area contributed by atoms with E-state index in [9.17, 15) is 0 Å². The molecule has 1 heterocycles. The third-order valence-corrected chi connectivity index (χ3v) is 1.13. The summed E-state index contributed by atoms with van der Waals surface area (Å²) in [6, 6.07) is 0. The fraction of sp³-hybridized carbons (Fsp3) is 0.400. The zero-order chi connectivity index (χ0) is 5.98.